The summed E-state index contributed by atoms with van der Waals surface area (Å²) in [4.78, 5) is 2.53. The molecule has 0 amide bonds. The predicted octanol–water partition coefficient (Wildman–Crippen LogP) is 17.4. The van der Waals surface area contributed by atoms with Crippen LogP contribution in [0.4, 0.5) is 17.1 Å². The number of benzene rings is 9. The zero-order valence-corrected chi connectivity index (χ0v) is 37.1. The van der Waals surface area contributed by atoms with Crippen LogP contribution in [0.3, 0.4) is 0 Å². The number of anilines is 3. The SMILES string of the molecule is CC1(C)c2ccccc2-c2cccc(-c3cccc(N(c4ccc(-c5cccc6sc7c8ccccc8ccc7c56)cc4)c4ccc5c(c4)C4(CC6CCC4C6)c4ccccc4-5)c3)c21. The van der Waals surface area contributed by atoms with Crippen LogP contribution in [0.15, 0.2) is 188 Å². The number of hydrogen-bond acceptors (Lipinski definition) is 2. The van der Waals surface area contributed by atoms with Crippen molar-refractivity contribution in [2.45, 2.75) is 50.4 Å². The number of nitrogens with zero attached hydrogens (tertiary/aromatic N) is 1. The topological polar surface area (TPSA) is 3.24 Å². The largest absolute Gasteiger partial charge is 0.310 e. The molecule has 4 aliphatic rings. The van der Waals surface area contributed by atoms with Gasteiger partial charge in [-0.2, -0.15) is 0 Å². The zero-order chi connectivity index (χ0) is 42.3. The van der Waals surface area contributed by atoms with E-state index in [4.69, 9.17) is 0 Å². The third-order valence-electron chi connectivity index (χ3n) is 16.1. The fraction of sp³-hybridized carbons (Fsp3) is 0.161. The van der Waals surface area contributed by atoms with Crippen molar-refractivity contribution in [1.82, 2.24) is 0 Å². The molecule has 306 valence electrons. The van der Waals surface area contributed by atoms with Crippen molar-refractivity contribution in [2.24, 2.45) is 11.8 Å². The fourth-order valence-electron chi connectivity index (χ4n) is 13.4. The molecule has 1 aromatic heterocycles. The standard InChI is InChI=1S/C62H47NS/c1-61(2)54-21-7-5-17-50(54)52-20-10-19-47(59(52)61)41-13-9-14-44(35-41)63(45-31-33-51-49-16-6-8-22-55(49)62(56(51)36-45)37-38-24-28-42(62)34-38)43-29-25-40(26-30-43)46-18-11-23-57-58(46)53-32-27-39-12-3-4-15-48(39)60(53)64-57/h3-23,25-27,29-33,35-36,38,42H,24,28,34,37H2,1-2H3. The lowest BCUT2D eigenvalue weighted by molar-refractivity contribution is 0.327. The van der Waals surface area contributed by atoms with Gasteiger partial charge in [-0.15, -0.1) is 11.3 Å². The Morgan fingerprint density at radius 2 is 1.17 bits per heavy atom. The molecule has 64 heavy (non-hydrogen) atoms. The second-order valence-electron chi connectivity index (χ2n) is 19.6. The quantitative estimate of drug-likeness (QED) is 0.167. The van der Waals surface area contributed by atoms with Crippen LogP contribution < -0.4 is 4.90 Å². The molecule has 3 unspecified atom stereocenters. The molecule has 2 saturated carbocycles. The Morgan fingerprint density at radius 1 is 0.484 bits per heavy atom. The summed E-state index contributed by atoms with van der Waals surface area (Å²) in [5.74, 6) is 1.52. The van der Waals surface area contributed by atoms with Crippen LogP contribution in [0.5, 0.6) is 0 Å². The molecule has 0 radical (unpaired) electrons. The van der Waals surface area contributed by atoms with Crippen LogP contribution in [-0.4, -0.2) is 0 Å². The van der Waals surface area contributed by atoms with Gasteiger partial charge < -0.3 is 4.90 Å². The Balaban J connectivity index is 0.939. The monoisotopic (exact) mass is 837 g/mol. The molecule has 10 aromatic rings. The summed E-state index contributed by atoms with van der Waals surface area (Å²) in [5.41, 5.74) is 20.2. The third kappa shape index (κ3) is 5.01. The van der Waals surface area contributed by atoms with E-state index in [2.05, 4.69) is 207 Å². The molecule has 0 aliphatic heterocycles. The van der Waals surface area contributed by atoms with Crippen LogP contribution in [0, 0.1) is 11.8 Å². The summed E-state index contributed by atoms with van der Waals surface area (Å²) in [6.45, 7) is 4.79. The van der Waals surface area contributed by atoms with Crippen molar-refractivity contribution >= 4 is 59.3 Å². The Kier molecular flexibility index (Phi) is 7.68. The highest BCUT2D eigenvalue weighted by atomic mass is 32.1. The maximum absolute atomic E-state index is 2.60. The van der Waals surface area contributed by atoms with E-state index in [9.17, 15) is 0 Å². The summed E-state index contributed by atoms with van der Waals surface area (Å²) < 4.78 is 2.70. The minimum absolute atomic E-state index is 0.0979. The first kappa shape index (κ1) is 36.7. The first-order valence-corrected chi connectivity index (χ1v) is 24.1. The van der Waals surface area contributed by atoms with Crippen LogP contribution in [0.1, 0.15) is 61.8 Å². The Bertz CT molecular complexity index is 3570. The average molecular weight is 838 g/mol. The van der Waals surface area contributed by atoms with Gasteiger partial charge in [0, 0.05) is 48.1 Å². The first-order valence-electron chi connectivity index (χ1n) is 23.3. The lowest BCUT2D eigenvalue weighted by Crippen LogP contribution is -2.32. The van der Waals surface area contributed by atoms with Gasteiger partial charge in [-0.1, -0.05) is 166 Å². The molecular weight excluding hydrogens is 791 g/mol. The van der Waals surface area contributed by atoms with E-state index in [0.717, 1.165) is 11.6 Å². The van der Waals surface area contributed by atoms with Gasteiger partial charge in [-0.25, -0.2) is 0 Å². The highest BCUT2D eigenvalue weighted by Gasteiger charge is 2.56. The van der Waals surface area contributed by atoms with Gasteiger partial charge in [0.05, 0.1) is 0 Å². The van der Waals surface area contributed by atoms with Gasteiger partial charge in [0.25, 0.3) is 0 Å². The molecule has 1 heterocycles. The van der Waals surface area contributed by atoms with Gasteiger partial charge in [0.1, 0.15) is 0 Å². The molecule has 2 fully saturated rings. The fourth-order valence-corrected chi connectivity index (χ4v) is 14.7. The summed E-state index contributed by atoms with van der Waals surface area (Å²) in [5, 5.41) is 5.31. The summed E-state index contributed by atoms with van der Waals surface area (Å²) in [7, 11) is 0. The Labute approximate surface area is 379 Å². The van der Waals surface area contributed by atoms with E-state index in [1.165, 1.54) is 124 Å². The predicted molar refractivity (Wildman–Crippen MR) is 272 cm³/mol. The second kappa shape index (κ2) is 13.4. The molecular formula is C62H47NS. The highest BCUT2D eigenvalue weighted by Crippen LogP contribution is 2.66. The highest BCUT2D eigenvalue weighted by molar-refractivity contribution is 7.26. The van der Waals surface area contributed by atoms with Crippen LogP contribution in [0.25, 0.3) is 75.5 Å². The summed E-state index contributed by atoms with van der Waals surface area (Å²) in [6.07, 6.45) is 5.34. The Hall–Kier alpha value is -6.74. The molecule has 0 saturated heterocycles. The van der Waals surface area contributed by atoms with Gasteiger partial charge >= 0.3 is 0 Å². The molecule has 2 bridgehead atoms. The maximum atomic E-state index is 2.60. The lowest BCUT2D eigenvalue weighted by Gasteiger charge is -2.37. The number of rotatable bonds is 5. The molecule has 1 nitrogen and oxygen atoms in total. The Morgan fingerprint density at radius 3 is 2.02 bits per heavy atom. The number of hydrogen-bond donors (Lipinski definition) is 0. The second-order valence-corrected chi connectivity index (χ2v) is 20.7. The lowest BCUT2D eigenvalue weighted by atomic mass is 9.67. The maximum Gasteiger partial charge on any atom is 0.0467 e. The average Bonchev–Trinajstić information content (AvgIpc) is 4.16. The summed E-state index contributed by atoms with van der Waals surface area (Å²) >= 11 is 1.91. The van der Waals surface area contributed by atoms with Crippen molar-refractivity contribution in [3.63, 3.8) is 0 Å². The molecule has 0 N–H and O–H groups in total. The van der Waals surface area contributed by atoms with Crippen LogP contribution in [-0.2, 0) is 10.8 Å². The van der Waals surface area contributed by atoms with Crippen molar-refractivity contribution < 1.29 is 0 Å². The van der Waals surface area contributed by atoms with Crippen molar-refractivity contribution in [1.29, 1.82) is 0 Å². The van der Waals surface area contributed by atoms with Crippen molar-refractivity contribution in [3.8, 4) is 44.5 Å². The first-order chi connectivity index (χ1) is 31.5. The smallest absolute Gasteiger partial charge is 0.0467 e. The van der Waals surface area contributed by atoms with Gasteiger partial charge in [-0.3, -0.25) is 0 Å². The molecule has 9 aromatic carbocycles. The minimum atomic E-state index is -0.109. The van der Waals surface area contributed by atoms with E-state index < -0.39 is 0 Å². The molecule has 14 rings (SSSR count). The van der Waals surface area contributed by atoms with E-state index in [1.807, 2.05) is 11.3 Å². The third-order valence-corrected chi connectivity index (χ3v) is 17.3. The van der Waals surface area contributed by atoms with Crippen molar-refractivity contribution in [2.75, 3.05) is 4.90 Å². The normalized spacial score (nSPS) is 19.7. The van der Waals surface area contributed by atoms with Gasteiger partial charge in [-0.05, 0) is 151 Å². The minimum Gasteiger partial charge on any atom is -0.310 e. The van der Waals surface area contributed by atoms with E-state index in [0.29, 0.717) is 5.92 Å². The molecule has 4 aliphatic carbocycles. The summed E-state index contributed by atoms with van der Waals surface area (Å²) in [6, 6.07) is 71.7. The number of fused-ring (bicyclic) bond motifs is 16. The van der Waals surface area contributed by atoms with Crippen LogP contribution >= 0.6 is 11.3 Å². The van der Waals surface area contributed by atoms with E-state index in [-0.39, 0.29) is 10.8 Å². The molecule has 3 atom stereocenters. The molecule has 1 spiro atoms. The van der Waals surface area contributed by atoms with Crippen molar-refractivity contribution in [3.05, 3.63) is 210 Å². The van der Waals surface area contributed by atoms with Gasteiger partial charge in [0.2, 0.25) is 0 Å². The zero-order valence-electron chi connectivity index (χ0n) is 36.2. The van der Waals surface area contributed by atoms with E-state index in [1.54, 1.807) is 11.1 Å². The van der Waals surface area contributed by atoms with Crippen LogP contribution in [0.2, 0.25) is 0 Å². The molecule has 2 heteroatoms. The van der Waals surface area contributed by atoms with E-state index >= 15 is 0 Å². The number of thiophene rings is 1. The van der Waals surface area contributed by atoms with Gasteiger partial charge in [0.15, 0.2) is 0 Å².